The van der Waals surface area contributed by atoms with E-state index in [9.17, 15) is 8.78 Å². The Balaban J connectivity index is 2.48. The fourth-order valence-corrected chi connectivity index (χ4v) is 2.57. The third-order valence-corrected chi connectivity index (χ3v) is 4.13. The lowest BCUT2D eigenvalue weighted by Crippen LogP contribution is -2.12. The molecule has 0 amide bonds. The lowest BCUT2D eigenvalue weighted by Gasteiger charge is -2.22. The molecular formula is C21H26F2O. The predicted octanol–water partition coefficient (Wildman–Crippen LogP) is 6.55. The van der Waals surface area contributed by atoms with Crippen LogP contribution < -0.4 is 4.74 Å². The first-order chi connectivity index (χ1) is 11.0. The average molecular weight is 332 g/mol. The normalized spacial score (nSPS) is 12.5. The van der Waals surface area contributed by atoms with E-state index in [1.807, 2.05) is 57.2 Å². The summed E-state index contributed by atoms with van der Waals surface area (Å²) >= 11 is 0. The van der Waals surface area contributed by atoms with Gasteiger partial charge in [0.15, 0.2) is 0 Å². The summed E-state index contributed by atoms with van der Waals surface area (Å²) in [4.78, 5) is 0. The van der Waals surface area contributed by atoms with E-state index < -0.39 is 6.61 Å². The number of hydrogen-bond donors (Lipinski definition) is 0. The van der Waals surface area contributed by atoms with E-state index in [-0.39, 0.29) is 16.6 Å². The van der Waals surface area contributed by atoms with Gasteiger partial charge in [-0.2, -0.15) is 8.78 Å². The molecule has 0 N–H and O–H groups in total. The van der Waals surface area contributed by atoms with Crippen molar-refractivity contribution in [3.8, 4) is 16.9 Å². The van der Waals surface area contributed by atoms with Gasteiger partial charge < -0.3 is 4.74 Å². The van der Waals surface area contributed by atoms with Gasteiger partial charge >= 0.3 is 6.61 Å². The lowest BCUT2D eigenvalue weighted by molar-refractivity contribution is -0.0495. The summed E-state index contributed by atoms with van der Waals surface area (Å²) in [6.45, 7) is 9.74. The Morgan fingerprint density at radius 1 is 0.750 bits per heavy atom. The number of ether oxygens (including phenoxy) is 1. The summed E-state index contributed by atoms with van der Waals surface area (Å²) in [7, 11) is 0. The van der Waals surface area contributed by atoms with Crippen LogP contribution in [0.2, 0.25) is 0 Å². The molecule has 0 aliphatic carbocycles. The Labute approximate surface area is 143 Å². The molecule has 0 fully saturated rings. The van der Waals surface area contributed by atoms with Crippen molar-refractivity contribution in [2.24, 2.45) is 0 Å². The van der Waals surface area contributed by atoms with Crippen molar-refractivity contribution in [3.05, 3.63) is 53.6 Å². The van der Waals surface area contributed by atoms with Gasteiger partial charge in [0.05, 0.1) is 0 Å². The molecule has 0 saturated carbocycles. The molecule has 1 nitrogen and oxygen atoms in total. The highest BCUT2D eigenvalue weighted by Gasteiger charge is 2.19. The number of alkyl halides is 2. The van der Waals surface area contributed by atoms with Crippen molar-refractivity contribution in [2.45, 2.75) is 59.0 Å². The van der Waals surface area contributed by atoms with Gasteiger partial charge in [0.25, 0.3) is 0 Å². The van der Waals surface area contributed by atoms with Crippen LogP contribution in [0.1, 0.15) is 52.7 Å². The summed E-state index contributed by atoms with van der Waals surface area (Å²) in [6, 6.07) is 13.6. The first kappa shape index (κ1) is 18.4. The van der Waals surface area contributed by atoms with Crippen molar-refractivity contribution in [3.63, 3.8) is 0 Å². The molecule has 130 valence electrons. The zero-order valence-electron chi connectivity index (χ0n) is 15.3. The Kier molecular flexibility index (Phi) is 5.03. The quantitative estimate of drug-likeness (QED) is 0.619. The Bertz CT molecular complexity index is 689. The standard InChI is InChI=1S/C21H26F2O/c1-20(2,3)15-9-7-14(8-10-15)17-12-11-16(21(4,5)6)13-18(17)24-19(22)23/h7-13,19H,1-6H3. The van der Waals surface area contributed by atoms with Crippen LogP contribution in [0.4, 0.5) is 8.78 Å². The maximum Gasteiger partial charge on any atom is 0.387 e. The lowest BCUT2D eigenvalue weighted by atomic mass is 9.84. The zero-order chi connectivity index (χ0) is 18.1. The molecule has 0 saturated heterocycles. The molecule has 24 heavy (non-hydrogen) atoms. The molecule has 0 spiro atoms. The maximum atomic E-state index is 12.8. The van der Waals surface area contributed by atoms with Gasteiger partial charge in [-0.3, -0.25) is 0 Å². The first-order valence-corrected chi connectivity index (χ1v) is 8.19. The summed E-state index contributed by atoms with van der Waals surface area (Å²) < 4.78 is 30.5. The van der Waals surface area contributed by atoms with Gasteiger partial charge in [0, 0.05) is 5.56 Å². The largest absolute Gasteiger partial charge is 0.434 e. The van der Waals surface area contributed by atoms with E-state index >= 15 is 0 Å². The molecule has 0 atom stereocenters. The van der Waals surface area contributed by atoms with Crippen molar-refractivity contribution >= 4 is 0 Å². The van der Waals surface area contributed by atoms with E-state index in [4.69, 9.17) is 4.74 Å². The van der Waals surface area contributed by atoms with Crippen LogP contribution in [0, 0.1) is 0 Å². The molecule has 0 bridgehead atoms. The molecule has 0 aliphatic rings. The highest BCUT2D eigenvalue weighted by Crippen LogP contribution is 2.36. The molecule has 2 aromatic carbocycles. The van der Waals surface area contributed by atoms with E-state index in [0.29, 0.717) is 5.56 Å². The maximum absolute atomic E-state index is 12.8. The average Bonchev–Trinajstić information content (AvgIpc) is 2.45. The minimum Gasteiger partial charge on any atom is -0.434 e. The summed E-state index contributed by atoms with van der Waals surface area (Å²) in [6.07, 6.45) is 0. The Morgan fingerprint density at radius 2 is 1.25 bits per heavy atom. The second-order valence-corrected chi connectivity index (χ2v) is 8.17. The van der Waals surface area contributed by atoms with Gasteiger partial charge in [-0.1, -0.05) is 77.9 Å². The third-order valence-electron chi connectivity index (χ3n) is 4.13. The molecule has 0 unspecified atom stereocenters. The van der Waals surface area contributed by atoms with Gasteiger partial charge in [0.1, 0.15) is 5.75 Å². The van der Waals surface area contributed by atoms with Crippen molar-refractivity contribution in [1.82, 2.24) is 0 Å². The highest BCUT2D eigenvalue weighted by molar-refractivity contribution is 5.71. The molecule has 2 aromatic rings. The van der Waals surface area contributed by atoms with Crippen LogP contribution >= 0.6 is 0 Å². The van der Waals surface area contributed by atoms with Crippen LogP contribution in [-0.2, 0) is 10.8 Å². The molecule has 2 rings (SSSR count). The van der Waals surface area contributed by atoms with Crippen molar-refractivity contribution < 1.29 is 13.5 Å². The SMILES string of the molecule is CC(C)(C)c1ccc(-c2ccc(C(C)(C)C)cc2OC(F)F)cc1. The van der Waals surface area contributed by atoms with E-state index in [1.54, 1.807) is 6.07 Å². The van der Waals surface area contributed by atoms with Crippen LogP contribution in [0.15, 0.2) is 42.5 Å². The first-order valence-electron chi connectivity index (χ1n) is 8.19. The molecule has 0 radical (unpaired) electrons. The number of benzene rings is 2. The number of hydrogen-bond acceptors (Lipinski definition) is 1. The van der Waals surface area contributed by atoms with Crippen molar-refractivity contribution in [1.29, 1.82) is 0 Å². The highest BCUT2D eigenvalue weighted by atomic mass is 19.3. The van der Waals surface area contributed by atoms with Gasteiger partial charge in [0.2, 0.25) is 0 Å². The number of halogens is 2. The zero-order valence-corrected chi connectivity index (χ0v) is 15.3. The summed E-state index contributed by atoms with van der Waals surface area (Å²) in [5, 5.41) is 0. The van der Waals surface area contributed by atoms with Crippen LogP contribution in [0.25, 0.3) is 11.1 Å². The molecule has 0 heterocycles. The van der Waals surface area contributed by atoms with Gasteiger partial charge in [-0.25, -0.2) is 0 Å². The van der Waals surface area contributed by atoms with Crippen LogP contribution in [0.5, 0.6) is 5.75 Å². The molecule has 0 aromatic heterocycles. The van der Waals surface area contributed by atoms with E-state index in [2.05, 4.69) is 20.8 Å². The summed E-state index contributed by atoms with van der Waals surface area (Å²) in [5.41, 5.74) is 3.65. The topological polar surface area (TPSA) is 9.23 Å². The van der Waals surface area contributed by atoms with Gasteiger partial charge in [-0.15, -0.1) is 0 Å². The third kappa shape index (κ3) is 4.34. The number of rotatable bonds is 3. The second-order valence-electron chi connectivity index (χ2n) is 8.17. The fourth-order valence-electron chi connectivity index (χ4n) is 2.57. The van der Waals surface area contributed by atoms with Crippen molar-refractivity contribution in [2.75, 3.05) is 0 Å². The minimum absolute atomic E-state index is 0.0525. The Morgan fingerprint density at radius 3 is 1.71 bits per heavy atom. The van der Waals surface area contributed by atoms with Crippen LogP contribution in [0.3, 0.4) is 0 Å². The molecular weight excluding hydrogens is 306 g/mol. The smallest absolute Gasteiger partial charge is 0.387 e. The van der Waals surface area contributed by atoms with E-state index in [1.165, 1.54) is 5.56 Å². The molecule has 0 aliphatic heterocycles. The minimum atomic E-state index is -2.84. The van der Waals surface area contributed by atoms with Crippen LogP contribution in [-0.4, -0.2) is 6.61 Å². The fraction of sp³-hybridized carbons (Fsp3) is 0.429. The predicted molar refractivity (Wildman–Crippen MR) is 95.9 cm³/mol. The van der Waals surface area contributed by atoms with E-state index in [0.717, 1.165) is 11.1 Å². The summed E-state index contributed by atoms with van der Waals surface area (Å²) in [5.74, 6) is 0.223. The van der Waals surface area contributed by atoms with Gasteiger partial charge in [-0.05, 0) is 33.6 Å². The Hall–Kier alpha value is -1.90. The molecule has 3 heteroatoms. The second kappa shape index (κ2) is 6.54. The monoisotopic (exact) mass is 332 g/mol.